The zero-order chi connectivity index (χ0) is 0. The Kier molecular flexibility index (Phi) is 585. The summed E-state index contributed by atoms with van der Waals surface area (Å²) < 4.78 is 0. The van der Waals surface area contributed by atoms with Gasteiger partial charge in [-0.2, -0.15) is 9.90 Å². The molecule has 0 aliphatic carbocycles. The third-order valence-electron chi connectivity index (χ3n) is 0. The Bertz CT molecular complexity index is 24.0. The predicted molar refractivity (Wildman–Crippen MR) is 41.6 cm³/mol. The standard InChI is InChI=1S/Ag.Al.Ca.Na.O.H3P.H4Si.Zn.5H/h;;;;;1H3;1H4;;;;;;/q+1;;;+1;-2;;;;;;;;. The molecule has 0 saturated heterocycles. The summed E-state index contributed by atoms with van der Waals surface area (Å²) in [4.78, 5) is 0. The summed E-state index contributed by atoms with van der Waals surface area (Å²) in [6.07, 6.45) is 0. The van der Waals surface area contributed by atoms with Crippen LogP contribution in [-0.2, 0) is 47.3 Å². The smallest absolute Gasteiger partial charge is 1.00 e. The van der Waals surface area contributed by atoms with E-state index in [1.54, 1.807) is 0 Å². The SMILES string of the molecule is P.[Ag+].[AlH3].[CaH2].[Na+].[O-2].[SiH4].[Zn]. The van der Waals surface area contributed by atoms with E-state index in [9.17, 15) is 0 Å². The second-order valence-electron chi connectivity index (χ2n) is 0. The van der Waals surface area contributed by atoms with Gasteiger partial charge in [0.25, 0.3) is 0 Å². The molecule has 8 heavy (non-hydrogen) atoms. The van der Waals surface area contributed by atoms with E-state index >= 15 is 0 Å². The molecule has 46 valence electrons. The molecule has 8 heteroatoms. The molecule has 0 rings (SSSR count). The van der Waals surface area contributed by atoms with E-state index in [1.165, 1.54) is 0 Å². The Balaban J connectivity index is 0. The molecule has 0 fully saturated rings. The third-order valence-corrected chi connectivity index (χ3v) is 0. The first-order chi connectivity index (χ1) is 0. The Morgan fingerprint density at radius 2 is 1.00 bits per heavy atom. The van der Waals surface area contributed by atoms with Crippen LogP contribution in [0.1, 0.15) is 0 Å². The largest absolute Gasteiger partial charge is 2.00 e. The molecule has 0 amide bonds. The molecular formula is H12AgAlCaNaOPSiZn. The number of rotatable bonds is 0. The average Bonchev–Trinajstić information content (AvgIpc) is 0. The van der Waals surface area contributed by atoms with Crippen LogP contribution in [-0.4, -0.2) is 66.1 Å². The van der Waals surface area contributed by atoms with Crippen LogP contribution in [0.15, 0.2) is 0 Å². The molecule has 0 aromatic heterocycles. The number of hydrogen-bond donors (Lipinski definition) is 0. The summed E-state index contributed by atoms with van der Waals surface area (Å²) >= 11 is 0. The van der Waals surface area contributed by atoms with Crippen LogP contribution in [0.2, 0.25) is 0 Å². The average molecular weight is 350 g/mol. The second kappa shape index (κ2) is 60.1. The van der Waals surface area contributed by atoms with Crippen molar-refractivity contribution in [1.82, 2.24) is 0 Å². The van der Waals surface area contributed by atoms with Gasteiger partial charge in [0.05, 0.1) is 0 Å². The van der Waals surface area contributed by atoms with Gasteiger partial charge in [-0.15, -0.1) is 0 Å². The predicted octanol–water partition coefficient (Wildman–Crippen LogP) is -6.61. The molecule has 1 unspecified atom stereocenters. The molecule has 1 atom stereocenters. The van der Waals surface area contributed by atoms with Gasteiger partial charge >= 0.3 is 89.7 Å². The first-order valence-corrected chi connectivity index (χ1v) is 0. The molecule has 0 radical (unpaired) electrons. The van der Waals surface area contributed by atoms with E-state index in [0.29, 0.717) is 0 Å². The van der Waals surface area contributed by atoms with Crippen molar-refractivity contribution in [2.45, 2.75) is 0 Å². The van der Waals surface area contributed by atoms with E-state index in [-0.39, 0.29) is 153 Å². The van der Waals surface area contributed by atoms with Crippen molar-refractivity contribution in [3.63, 3.8) is 0 Å². The maximum absolute atomic E-state index is 0. The van der Waals surface area contributed by atoms with Gasteiger partial charge in [0.2, 0.25) is 0 Å². The van der Waals surface area contributed by atoms with Crippen LogP contribution >= 0.6 is 9.90 Å². The third kappa shape index (κ3) is 45.2. The molecule has 0 saturated carbocycles. The van der Waals surface area contributed by atoms with Crippen molar-refractivity contribution in [2.24, 2.45) is 0 Å². The summed E-state index contributed by atoms with van der Waals surface area (Å²) in [7, 11) is 0. The van der Waals surface area contributed by atoms with Crippen molar-refractivity contribution in [2.75, 3.05) is 0 Å². The van der Waals surface area contributed by atoms with Gasteiger partial charge in [-0.05, 0) is 11.0 Å². The minimum atomic E-state index is 0. The number of hydrogen-bond acceptors (Lipinski definition) is 0. The molecule has 0 heterocycles. The second-order valence-corrected chi connectivity index (χ2v) is 0. The molecule has 0 spiro atoms. The van der Waals surface area contributed by atoms with Gasteiger partial charge in [0, 0.05) is 19.5 Å². The minimum Gasteiger partial charge on any atom is -2.00 e. The van der Waals surface area contributed by atoms with Crippen LogP contribution in [0.3, 0.4) is 0 Å². The normalized spacial score (nSPS) is 0. The fraction of sp³-hybridized carbons (Fsp3) is 0. The maximum Gasteiger partial charge on any atom is 1.00 e. The topological polar surface area (TPSA) is 28.5 Å². The monoisotopic (exact) mass is 348 g/mol. The zero-order valence-electron chi connectivity index (χ0n) is 3.12. The fourth-order valence-corrected chi connectivity index (χ4v) is 0. The van der Waals surface area contributed by atoms with Gasteiger partial charge in [0.15, 0.2) is 17.4 Å². The van der Waals surface area contributed by atoms with Crippen molar-refractivity contribution in [3.8, 4) is 0 Å². The Morgan fingerprint density at radius 3 is 1.00 bits per heavy atom. The molecule has 0 aromatic rings. The van der Waals surface area contributed by atoms with Gasteiger partial charge in [0.1, 0.15) is 0 Å². The van der Waals surface area contributed by atoms with E-state index in [0.717, 1.165) is 0 Å². The fourth-order valence-electron chi connectivity index (χ4n) is 0. The van der Waals surface area contributed by atoms with E-state index in [4.69, 9.17) is 0 Å². The van der Waals surface area contributed by atoms with Gasteiger partial charge < -0.3 is 5.48 Å². The van der Waals surface area contributed by atoms with Crippen molar-refractivity contribution in [3.05, 3.63) is 0 Å². The van der Waals surface area contributed by atoms with Crippen molar-refractivity contribution >= 4 is 76.0 Å². The molecule has 0 bridgehead atoms. The first kappa shape index (κ1) is 77.8. The summed E-state index contributed by atoms with van der Waals surface area (Å²) in [5.41, 5.74) is 0. The van der Waals surface area contributed by atoms with Crippen LogP contribution in [0.25, 0.3) is 0 Å². The van der Waals surface area contributed by atoms with Crippen LogP contribution in [0, 0.1) is 0 Å². The van der Waals surface area contributed by atoms with E-state index < -0.39 is 0 Å². The molecule has 0 N–H and O–H groups in total. The summed E-state index contributed by atoms with van der Waals surface area (Å²) in [6.45, 7) is 0. The summed E-state index contributed by atoms with van der Waals surface area (Å²) in [5.74, 6) is 0. The van der Waals surface area contributed by atoms with E-state index in [1.807, 2.05) is 0 Å². The van der Waals surface area contributed by atoms with Crippen LogP contribution < -0.4 is 29.6 Å². The van der Waals surface area contributed by atoms with Crippen LogP contribution in [0.4, 0.5) is 0 Å². The first-order valence-electron chi connectivity index (χ1n) is 0. The molecule has 0 aliphatic rings. The van der Waals surface area contributed by atoms with E-state index in [2.05, 4.69) is 0 Å². The maximum atomic E-state index is 0. The molecular weight excluding hydrogens is 338 g/mol. The molecule has 0 aromatic carbocycles. The van der Waals surface area contributed by atoms with Gasteiger partial charge in [-0.25, -0.2) is 0 Å². The van der Waals surface area contributed by atoms with Crippen LogP contribution in [0.5, 0.6) is 0 Å². The van der Waals surface area contributed by atoms with Crippen molar-refractivity contribution < 1.29 is 76.9 Å². The van der Waals surface area contributed by atoms with Gasteiger partial charge in [-0.3, -0.25) is 0 Å². The molecule has 1 nitrogen and oxygen atoms in total. The summed E-state index contributed by atoms with van der Waals surface area (Å²) in [6, 6.07) is 0. The Labute approximate surface area is 149 Å². The molecule has 0 aliphatic heterocycles. The Morgan fingerprint density at radius 1 is 1.00 bits per heavy atom. The summed E-state index contributed by atoms with van der Waals surface area (Å²) in [5, 5.41) is 0. The van der Waals surface area contributed by atoms with Crippen molar-refractivity contribution in [1.29, 1.82) is 0 Å². The quantitative estimate of drug-likeness (QED) is 0.307. The zero-order valence-corrected chi connectivity index (χ0v) is 11.0. The minimum absolute atomic E-state index is 0. The Hall–Kier alpha value is 4.76. The van der Waals surface area contributed by atoms with Gasteiger partial charge in [-0.1, -0.05) is 0 Å².